The summed E-state index contributed by atoms with van der Waals surface area (Å²) >= 11 is 0. The molecule has 0 aliphatic rings. The zero-order valence-electron chi connectivity index (χ0n) is 19.3. The number of aliphatic hydroxyl groups excluding tert-OH is 1. The number of rotatable bonds is 10. The van der Waals surface area contributed by atoms with Crippen molar-refractivity contribution in [1.82, 2.24) is 0 Å². The van der Waals surface area contributed by atoms with E-state index in [1.165, 1.54) is 0 Å². The van der Waals surface area contributed by atoms with Gasteiger partial charge in [-0.05, 0) is 53.9 Å². The van der Waals surface area contributed by atoms with Gasteiger partial charge in [0.25, 0.3) is 0 Å². The zero-order chi connectivity index (χ0) is 23.9. The van der Waals surface area contributed by atoms with E-state index in [1.807, 2.05) is 54.6 Å². The number of hydrogen-bond acceptors (Lipinski definition) is 6. The molecule has 0 saturated heterocycles. The van der Waals surface area contributed by atoms with Crippen LogP contribution in [0.3, 0.4) is 0 Å². The number of carbonyl (C=O) groups is 1. The SMILES string of the molecule is CCOC(=O)Cc1ccccc1OCc1cc(-c2cccc(CN)c2)c2oc(CCO)cc2c1. The van der Waals surface area contributed by atoms with Gasteiger partial charge in [-0.2, -0.15) is 0 Å². The maximum atomic E-state index is 12.0. The van der Waals surface area contributed by atoms with Crippen LogP contribution in [0.4, 0.5) is 0 Å². The summed E-state index contributed by atoms with van der Waals surface area (Å²) in [6.45, 7) is 2.92. The van der Waals surface area contributed by atoms with Gasteiger partial charge in [-0.1, -0.05) is 36.4 Å². The molecule has 0 amide bonds. The Bertz CT molecular complexity index is 1280. The van der Waals surface area contributed by atoms with Gasteiger partial charge in [0, 0.05) is 29.5 Å². The molecule has 0 bridgehead atoms. The number of fused-ring (bicyclic) bond motifs is 1. The molecule has 0 atom stereocenters. The lowest BCUT2D eigenvalue weighted by atomic mass is 9.99. The van der Waals surface area contributed by atoms with Gasteiger partial charge in [0.05, 0.1) is 19.6 Å². The van der Waals surface area contributed by atoms with Crippen molar-refractivity contribution < 1.29 is 23.8 Å². The van der Waals surface area contributed by atoms with E-state index < -0.39 is 0 Å². The van der Waals surface area contributed by atoms with Crippen LogP contribution in [0.2, 0.25) is 0 Å². The second-order valence-electron chi connectivity index (χ2n) is 8.03. The Morgan fingerprint density at radius 1 is 1.03 bits per heavy atom. The van der Waals surface area contributed by atoms with Crippen molar-refractivity contribution >= 4 is 16.9 Å². The average molecular weight is 460 g/mol. The average Bonchev–Trinajstić information content (AvgIpc) is 3.26. The number of aliphatic hydroxyl groups is 1. The molecule has 0 aliphatic heterocycles. The Morgan fingerprint density at radius 2 is 1.88 bits per heavy atom. The van der Waals surface area contributed by atoms with Gasteiger partial charge in [0.15, 0.2) is 0 Å². The molecule has 6 nitrogen and oxygen atoms in total. The van der Waals surface area contributed by atoms with Gasteiger partial charge in [0.1, 0.15) is 23.7 Å². The molecule has 1 heterocycles. The van der Waals surface area contributed by atoms with Gasteiger partial charge in [-0.15, -0.1) is 0 Å². The number of furan rings is 1. The number of hydrogen-bond donors (Lipinski definition) is 2. The van der Waals surface area contributed by atoms with Crippen LogP contribution in [0.5, 0.6) is 5.75 Å². The van der Waals surface area contributed by atoms with Crippen LogP contribution >= 0.6 is 0 Å². The quantitative estimate of drug-likeness (QED) is 0.332. The molecule has 0 radical (unpaired) electrons. The topological polar surface area (TPSA) is 94.9 Å². The molecule has 4 rings (SSSR count). The van der Waals surface area contributed by atoms with Gasteiger partial charge in [-0.25, -0.2) is 0 Å². The van der Waals surface area contributed by atoms with Crippen molar-refractivity contribution in [2.45, 2.75) is 32.9 Å². The monoisotopic (exact) mass is 459 g/mol. The second-order valence-corrected chi connectivity index (χ2v) is 8.03. The van der Waals surface area contributed by atoms with Crippen LogP contribution in [0.15, 0.2) is 71.1 Å². The Balaban J connectivity index is 1.67. The molecule has 176 valence electrons. The summed E-state index contributed by atoms with van der Waals surface area (Å²) in [5.41, 5.74) is 11.3. The Hall–Kier alpha value is -3.61. The summed E-state index contributed by atoms with van der Waals surface area (Å²) < 4.78 is 17.3. The van der Waals surface area contributed by atoms with E-state index in [2.05, 4.69) is 12.1 Å². The smallest absolute Gasteiger partial charge is 0.310 e. The summed E-state index contributed by atoms with van der Waals surface area (Å²) in [5.74, 6) is 1.10. The normalized spacial score (nSPS) is 11.0. The minimum atomic E-state index is -0.281. The predicted molar refractivity (Wildman–Crippen MR) is 131 cm³/mol. The van der Waals surface area contributed by atoms with Crippen LogP contribution in [-0.4, -0.2) is 24.3 Å². The molecule has 0 fully saturated rings. The molecule has 3 aromatic carbocycles. The van der Waals surface area contributed by atoms with Crippen molar-refractivity contribution in [2.24, 2.45) is 5.73 Å². The van der Waals surface area contributed by atoms with Gasteiger partial charge < -0.3 is 24.7 Å². The molecular weight excluding hydrogens is 430 g/mol. The molecular formula is C28H29NO5. The second kappa shape index (κ2) is 11.0. The van der Waals surface area contributed by atoms with Crippen LogP contribution in [0.25, 0.3) is 22.1 Å². The number of nitrogens with two attached hydrogens (primary N) is 1. The standard InChI is InChI=1S/C28H29NO5/c1-2-32-27(31)16-22-7-3-4-9-26(22)33-18-20-13-23-15-24(10-11-30)34-28(23)25(14-20)21-8-5-6-19(12-21)17-29/h3-9,12-15,30H,2,10-11,16-18,29H2,1H3. The van der Waals surface area contributed by atoms with E-state index in [4.69, 9.17) is 19.6 Å². The van der Waals surface area contributed by atoms with E-state index in [0.717, 1.165) is 44.5 Å². The molecule has 0 unspecified atom stereocenters. The van der Waals surface area contributed by atoms with Gasteiger partial charge in [-0.3, -0.25) is 4.79 Å². The molecule has 4 aromatic rings. The third kappa shape index (κ3) is 5.47. The maximum absolute atomic E-state index is 12.0. The lowest BCUT2D eigenvalue weighted by molar-refractivity contribution is -0.142. The van der Waals surface area contributed by atoms with Gasteiger partial charge in [0.2, 0.25) is 0 Å². The first-order chi connectivity index (χ1) is 16.6. The number of carbonyl (C=O) groups excluding carboxylic acids is 1. The number of ether oxygens (including phenoxy) is 2. The predicted octanol–water partition coefficient (Wildman–Crippen LogP) is 4.78. The van der Waals surface area contributed by atoms with Crippen LogP contribution < -0.4 is 10.5 Å². The molecule has 34 heavy (non-hydrogen) atoms. The minimum absolute atomic E-state index is 0.0189. The number of esters is 1. The Kier molecular flexibility index (Phi) is 7.62. The van der Waals surface area contributed by atoms with Crippen LogP contribution in [-0.2, 0) is 35.5 Å². The largest absolute Gasteiger partial charge is 0.489 e. The molecule has 1 aromatic heterocycles. The van der Waals surface area contributed by atoms with Crippen LogP contribution in [0, 0.1) is 0 Å². The highest BCUT2D eigenvalue weighted by Crippen LogP contribution is 2.34. The maximum Gasteiger partial charge on any atom is 0.310 e. The third-order valence-electron chi connectivity index (χ3n) is 5.57. The zero-order valence-corrected chi connectivity index (χ0v) is 19.3. The molecule has 0 spiro atoms. The third-order valence-corrected chi connectivity index (χ3v) is 5.57. The molecule has 0 aliphatic carbocycles. The van der Waals surface area contributed by atoms with Crippen LogP contribution in [0.1, 0.15) is 29.4 Å². The van der Waals surface area contributed by atoms with E-state index in [9.17, 15) is 9.90 Å². The first-order valence-electron chi connectivity index (χ1n) is 11.4. The highest BCUT2D eigenvalue weighted by Gasteiger charge is 2.14. The van der Waals surface area contributed by atoms with E-state index >= 15 is 0 Å². The number of benzene rings is 3. The molecule has 0 saturated carbocycles. The van der Waals surface area contributed by atoms with E-state index in [-0.39, 0.29) is 19.0 Å². The number of para-hydroxylation sites is 1. The summed E-state index contributed by atoms with van der Waals surface area (Å²) in [6.07, 6.45) is 0.608. The van der Waals surface area contributed by atoms with Gasteiger partial charge >= 0.3 is 5.97 Å². The molecule has 6 heteroatoms. The fourth-order valence-corrected chi connectivity index (χ4v) is 3.98. The Labute approximate surface area is 198 Å². The summed E-state index contributed by atoms with van der Waals surface area (Å²) in [7, 11) is 0. The lowest BCUT2D eigenvalue weighted by Crippen LogP contribution is -2.09. The lowest BCUT2D eigenvalue weighted by Gasteiger charge is -2.13. The van der Waals surface area contributed by atoms with Crippen molar-refractivity contribution in [3.8, 4) is 16.9 Å². The summed E-state index contributed by atoms with van der Waals surface area (Å²) in [4.78, 5) is 12.0. The summed E-state index contributed by atoms with van der Waals surface area (Å²) in [5, 5.41) is 10.3. The van der Waals surface area contributed by atoms with Crippen molar-refractivity contribution in [1.29, 1.82) is 0 Å². The first-order valence-corrected chi connectivity index (χ1v) is 11.4. The first kappa shape index (κ1) is 23.5. The minimum Gasteiger partial charge on any atom is -0.489 e. The van der Waals surface area contributed by atoms with Crippen molar-refractivity contribution in [3.05, 3.63) is 89.2 Å². The fourth-order valence-electron chi connectivity index (χ4n) is 3.98. The summed E-state index contributed by atoms with van der Waals surface area (Å²) in [6, 6.07) is 21.6. The highest BCUT2D eigenvalue weighted by atomic mass is 16.5. The van der Waals surface area contributed by atoms with Crippen molar-refractivity contribution in [3.63, 3.8) is 0 Å². The van der Waals surface area contributed by atoms with E-state index in [0.29, 0.717) is 31.9 Å². The Morgan fingerprint density at radius 3 is 2.68 bits per heavy atom. The fraction of sp³-hybridized carbons (Fsp3) is 0.250. The molecule has 3 N–H and O–H groups in total. The highest BCUT2D eigenvalue weighted by molar-refractivity contribution is 5.93. The van der Waals surface area contributed by atoms with Crippen molar-refractivity contribution in [2.75, 3.05) is 13.2 Å². The van der Waals surface area contributed by atoms with E-state index in [1.54, 1.807) is 6.92 Å².